The van der Waals surface area contributed by atoms with Gasteiger partial charge in [-0.1, -0.05) is 60.1 Å². The number of nitrogens with one attached hydrogen (secondary N) is 2. The molecule has 0 unspecified atom stereocenters. The van der Waals surface area contributed by atoms with Gasteiger partial charge < -0.3 is 14.8 Å². The molecule has 3 aromatic carbocycles. The number of benzene rings is 3. The number of ether oxygens (including phenoxy) is 2. The maximum absolute atomic E-state index is 6.03. The molecule has 0 aliphatic rings. The molecule has 3 aromatic rings. The number of hydrogen-bond donors (Lipinski definition) is 2. The van der Waals surface area contributed by atoms with Gasteiger partial charge in [0.15, 0.2) is 5.11 Å². The van der Waals surface area contributed by atoms with Crippen LogP contribution >= 0.6 is 28.1 Å². The SMILES string of the molecule is Cc1ccc(C(C)C)c(OCCOc2ccc(Br)cc2/C=N\NC(=S)Nc2ccccc2)c1. The molecule has 2 N–H and O–H groups in total. The molecule has 0 aliphatic carbocycles. The van der Waals surface area contributed by atoms with Crippen LogP contribution < -0.4 is 20.2 Å². The molecule has 0 radical (unpaired) electrons. The van der Waals surface area contributed by atoms with E-state index in [1.54, 1.807) is 6.21 Å². The third-order valence-electron chi connectivity index (χ3n) is 4.76. The molecule has 0 spiro atoms. The molecule has 0 aliphatic heterocycles. The summed E-state index contributed by atoms with van der Waals surface area (Å²) in [4.78, 5) is 0. The molecule has 0 heterocycles. The van der Waals surface area contributed by atoms with E-state index in [-0.39, 0.29) is 0 Å². The summed E-state index contributed by atoms with van der Waals surface area (Å²) in [5.41, 5.74) is 6.92. The van der Waals surface area contributed by atoms with E-state index < -0.39 is 0 Å². The average molecular weight is 527 g/mol. The van der Waals surface area contributed by atoms with Crippen molar-refractivity contribution in [3.63, 3.8) is 0 Å². The lowest BCUT2D eigenvalue weighted by atomic mass is 10.0. The van der Waals surface area contributed by atoms with Gasteiger partial charge in [0.1, 0.15) is 24.7 Å². The molecule has 0 fully saturated rings. The molecule has 0 amide bonds. The largest absolute Gasteiger partial charge is 0.490 e. The molecule has 172 valence electrons. The van der Waals surface area contributed by atoms with E-state index >= 15 is 0 Å². The Morgan fingerprint density at radius 3 is 2.45 bits per heavy atom. The van der Waals surface area contributed by atoms with Crippen LogP contribution in [0.2, 0.25) is 0 Å². The van der Waals surface area contributed by atoms with Gasteiger partial charge in [0.05, 0.1) is 6.21 Å². The second-order valence-corrected chi connectivity index (χ2v) is 9.09. The number of para-hydroxylation sites is 1. The number of hydrogen-bond acceptors (Lipinski definition) is 4. The first kappa shape index (κ1) is 24.7. The number of rotatable bonds is 9. The van der Waals surface area contributed by atoms with Crippen LogP contribution in [0.25, 0.3) is 0 Å². The molecule has 0 saturated heterocycles. The van der Waals surface area contributed by atoms with E-state index in [0.29, 0.717) is 30.0 Å². The maximum Gasteiger partial charge on any atom is 0.191 e. The lowest BCUT2D eigenvalue weighted by molar-refractivity contribution is 0.215. The van der Waals surface area contributed by atoms with Gasteiger partial charge in [-0.25, -0.2) is 0 Å². The lowest BCUT2D eigenvalue weighted by Crippen LogP contribution is -2.23. The Hall–Kier alpha value is -2.90. The van der Waals surface area contributed by atoms with Crippen molar-refractivity contribution in [1.29, 1.82) is 0 Å². The zero-order chi connectivity index (χ0) is 23.6. The fraction of sp³-hybridized carbons (Fsp3) is 0.231. The van der Waals surface area contributed by atoms with Gasteiger partial charge in [-0.15, -0.1) is 0 Å². The first-order valence-corrected chi connectivity index (χ1v) is 11.9. The Morgan fingerprint density at radius 1 is 1.00 bits per heavy atom. The van der Waals surface area contributed by atoms with Crippen molar-refractivity contribution in [2.75, 3.05) is 18.5 Å². The highest BCUT2D eigenvalue weighted by molar-refractivity contribution is 9.10. The predicted octanol–water partition coefficient (Wildman–Crippen LogP) is 6.66. The fourth-order valence-corrected chi connectivity index (χ4v) is 3.69. The van der Waals surface area contributed by atoms with Crippen LogP contribution in [0.3, 0.4) is 0 Å². The number of aryl methyl sites for hydroxylation is 1. The minimum Gasteiger partial charge on any atom is -0.490 e. The Balaban J connectivity index is 1.56. The highest BCUT2D eigenvalue weighted by atomic mass is 79.9. The van der Waals surface area contributed by atoms with Crippen molar-refractivity contribution in [2.45, 2.75) is 26.7 Å². The summed E-state index contributed by atoms with van der Waals surface area (Å²) in [5, 5.41) is 7.73. The zero-order valence-corrected chi connectivity index (χ0v) is 21.4. The minimum atomic E-state index is 0.394. The van der Waals surface area contributed by atoms with E-state index in [4.69, 9.17) is 21.7 Å². The minimum absolute atomic E-state index is 0.394. The molecular formula is C26H28BrN3O2S. The Morgan fingerprint density at radius 2 is 1.73 bits per heavy atom. The third-order valence-corrected chi connectivity index (χ3v) is 5.45. The molecule has 5 nitrogen and oxygen atoms in total. The van der Waals surface area contributed by atoms with E-state index in [1.165, 1.54) is 11.1 Å². The quantitative estimate of drug-likeness (QED) is 0.141. The summed E-state index contributed by atoms with van der Waals surface area (Å²) in [7, 11) is 0. The maximum atomic E-state index is 6.03. The van der Waals surface area contributed by atoms with Gasteiger partial charge in [0.2, 0.25) is 0 Å². The van der Waals surface area contributed by atoms with Crippen molar-refractivity contribution < 1.29 is 9.47 Å². The van der Waals surface area contributed by atoms with E-state index in [9.17, 15) is 0 Å². The predicted molar refractivity (Wildman–Crippen MR) is 144 cm³/mol. The van der Waals surface area contributed by atoms with E-state index in [2.05, 4.69) is 70.7 Å². The summed E-state index contributed by atoms with van der Waals surface area (Å²) in [6.45, 7) is 7.25. The number of halogens is 1. The van der Waals surface area contributed by atoms with Crippen molar-refractivity contribution in [3.8, 4) is 11.5 Å². The molecule has 7 heteroatoms. The van der Waals surface area contributed by atoms with Gasteiger partial charge in [-0.3, -0.25) is 5.43 Å². The van der Waals surface area contributed by atoms with E-state index in [0.717, 1.165) is 21.5 Å². The monoisotopic (exact) mass is 525 g/mol. The van der Waals surface area contributed by atoms with Crippen LogP contribution in [0.15, 0.2) is 76.3 Å². The highest BCUT2D eigenvalue weighted by Gasteiger charge is 2.09. The first-order valence-electron chi connectivity index (χ1n) is 10.7. The number of thiocarbonyl (C=S) groups is 1. The van der Waals surface area contributed by atoms with Crippen molar-refractivity contribution in [3.05, 3.63) is 87.9 Å². The topological polar surface area (TPSA) is 54.9 Å². The smallest absolute Gasteiger partial charge is 0.191 e. The van der Waals surface area contributed by atoms with E-state index in [1.807, 2.05) is 48.5 Å². The number of hydrazone groups is 1. The van der Waals surface area contributed by atoms with Crippen LogP contribution in [0.1, 0.15) is 36.5 Å². The molecule has 0 saturated carbocycles. The van der Waals surface area contributed by atoms with Gasteiger partial charge in [0.25, 0.3) is 0 Å². The van der Waals surface area contributed by atoms with Crippen LogP contribution in [-0.2, 0) is 0 Å². The second-order valence-electron chi connectivity index (χ2n) is 7.77. The van der Waals surface area contributed by atoms with Gasteiger partial charge >= 0.3 is 0 Å². The summed E-state index contributed by atoms with van der Waals surface area (Å²) in [6.07, 6.45) is 1.68. The normalized spacial score (nSPS) is 10.9. The molecule has 0 atom stereocenters. The number of anilines is 1. The molecule has 0 aromatic heterocycles. The Bertz CT molecular complexity index is 1100. The zero-order valence-electron chi connectivity index (χ0n) is 19.0. The highest BCUT2D eigenvalue weighted by Crippen LogP contribution is 2.27. The van der Waals surface area contributed by atoms with Crippen molar-refractivity contribution in [1.82, 2.24) is 5.43 Å². The summed E-state index contributed by atoms with van der Waals surface area (Å²) in [6, 6.07) is 21.8. The summed E-state index contributed by atoms with van der Waals surface area (Å²) >= 11 is 8.79. The molecule has 3 rings (SSSR count). The van der Waals surface area contributed by atoms with Crippen LogP contribution in [0.4, 0.5) is 5.69 Å². The van der Waals surface area contributed by atoms with Gasteiger partial charge in [-0.05, 0) is 72.6 Å². The third kappa shape index (κ3) is 7.87. The van der Waals surface area contributed by atoms with Crippen LogP contribution in [0, 0.1) is 6.92 Å². The summed E-state index contributed by atoms with van der Waals surface area (Å²) in [5.74, 6) is 2.02. The first-order chi connectivity index (χ1) is 15.9. The standard InChI is InChI=1S/C26H28BrN3O2S/c1-18(2)23-11-9-19(3)15-25(23)32-14-13-31-24-12-10-21(27)16-20(24)17-28-30-26(33)29-22-7-5-4-6-8-22/h4-12,15-18H,13-14H2,1-3H3,(H2,29,30,33)/b28-17-. The number of nitrogens with zero attached hydrogens (tertiary/aromatic N) is 1. The molecular weight excluding hydrogens is 498 g/mol. The Kier molecular flexibility index (Phi) is 9.27. The van der Waals surface area contributed by atoms with Crippen LogP contribution in [0.5, 0.6) is 11.5 Å². The summed E-state index contributed by atoms with van der Waals surface area (Å²) < 4.78 is 12.9. The van der Waals surface area contributed by atoms with Crippen molar-refractivity contribution >= 4 is 45.2 Å². The van der Waals surface area contributed by atoms with Gasteiger partial charge in [0, 0.05) is 15.7 Å². The average Bonchev–Trinajstić information content (AvgIpc) is 2.78. The second kappa shape index (κ2) is 12.4. The fourth-order valence-electron chi connectivity index (χ4n) is 3.14. The molecule has 33 heavy (non-hydrogen) atoms. The van der Waals surface area contributed by atoms with Gasteiger partial charge in [-0.2, -0.15) is 5.10 Å². The van der Waals surface area contributed by atoms with Crippen molar-refractivity contribution in [2.24, 2.45) is 5.10 Å². The lowest BCUT2D eigenvalue weighted by Gasteiger charge is -2.15. The molecule has 0 bridgehead atoms. The van der Waals surface area contributed by atoms with Crippen LogP contribution in [-0.4, -0.2) is 24.5 Å². The Labute approximate surface area is 209 Å².